The molecule has 0 aliphatic rings. The third-order valence-corrected chi connectivity index (χ3v) is 4.68. The topological polar surface area (TPSA) is 64.7 Å². The normalized spacial score (nSPS) is 11.7. The predicted octanol–water partition coefficient (Wildman–Crippen LogP) is 4.55. The average molecular weight is 432 g/mol. The molecule has 3 aromatic rings. The van der Waals surface area contributed by atoms with Crippen LogP contribution in [-0.2, 0) is 19.8 Å². The second-order valence-corrected chi connectivity index (χ2v) is 6.88. The minimum atomic E-state index is -4.60. The lowest BCUT2D eigenvalue weighted by molar-refractivity contribution is -0.143. The van der Waals surface area contributed by atoms with Crippen molar-refractivity contribution in [1.29, 1.82) is 0 Å². The average Bonchev–Trinajstić information content (AvgIpc) is 3.14. The standard InChI is InChI=1S/C17H14Cl2F3N5O/c1-9-5-15(25-27(9)8-10-3-4-11(18)12(19)6-10)23-16(28)13-7-14(17(20,21)22)26(2)24-13/h3-7H,8H2,1-2H3,(H,23,25,28). The van der Waals surface area contributed by atoms with E-state index in [4.69, 9.17) is 23.2 Å². The molecule has 1 amide bonds. The van der Waals surface area contributed by atoms with Crippen LogP contribution in [0.2, 0.25) is 10.0 Å². The summed E-state index contributed by atoms with van der Waals surface area (Å²) in [4.78, 5) is 12.2. The van der Waals surface area contributed by atoms with Crippen molar-refractivity contribution >= 4 is 34.9 Å². The molecule has 3 rings (SSSR count). The molecule has 1 aromatic carbocycles. The summed E-state index contributed by atoms with van der Waals surface area (Å²) in [6.45, 7) is 2.16. The molecule has 0 radical (unpaired) electrons. The largest absolute Gasteiger partial charge is 0.433 e. The van der Waals surface area contributed by atoms with Crippen molar-refractivity contribution in [2.24, 2.45) is 7.05 Å². The van der Waals surface area contributed by atoms with E-state index in [9.17, 15) is 18.0 Å². The van der Waals surface area contributed by atoms with Crippen molar-refractivity contribution in [2.45, 2.75) is 19.6 Å². The van der Waals surface area contributed by atoms with E-state index in [1.54, 1.807) is 35.9 Å². The van der Waals surface area contributed by atoms with Crippen LogP contribution in [0.25, 0.3) is 0 Å². The molecule has 28 heavy (non-hydrogen) atoms. The Morgan fingerprint density at radius 2 is 1.86 bits per heavy atom. The van der Waals surface area contributed by atoms with Gasteiger partial charge in [0.1, 0.15) is 5.69 Å². The van der Waals surface area contributed by atoms with Crippen molar-refractivity contribution in [3.05, 3.63) is 63.0 Å². The van der Waals surface area contributed by atoms with E-state index in [1.165, 1.54) is 0 Å². The van der Waals surface area contributed by atoms with E-state index in [0.29, 0.717) is 27.3 Å². The molecule has 0 unspecified atom stereocenters. The molecular weight excluding hydrogens is 418 g/mol. The number of rotatable bonds is 4. The molecule has 11 heteroatoms. The monoisotopic (exact) mass is 431 g/mol. The number of alkyl halides is 3. The number of hydrogen-bond donors (Lipinski definition) is 1. The molecule has 148 valence electrons. The van der Waals surface area contributed by atoms with Gasteiger partial charge in [0.05, 0.1) is 16.6 Å². The maximum Gasteiger partial charge on any atom is 0.433 e. The first-order valence-electron chi connectivity index (χ1n) is 7.95. The Hall–Kier alpha value is -2.52. The smallest absolute Gasteiger partial charge is 0.304 e. The second kappa shape index (κ2) is 7.48. The van der Waals surface area contributed by atoms with Gasteiger partial charge in [0.25, 0.3) is 5.91 Å². The molecule has 0 atom stereocenters. The van der Waals surface area contributed by atoms with Gasteiger partial charge in [-0.05, 0) is 24.6 Å². The Morgan fingerprint density at radius 1 is 1.14 bits per heavy atom. The van der Waals surface area contributed by atoms with Crippen molar-refractivity contribution in [1.82, 2.24) is 19.6 Å². The molecule has 6 nitrogen and oxygen atoms in total. The molecule has 2 heterocycles. The number of carbonyl (C=O) groups excluding carboxylic acids is 1. The fourth-order valence-corrected chi connectivity index (χ4v) is 2.89. The third-order valence-electron chi connectivity index (χ3n) is 3.94. The number of amides is 1. The van der Waals surface area contributed by atoms with Gasteiger partial charge in [0.15, 0.2) is 11.5 Å². The molecule has 0 saturated heterocycles. The molecule has 0 saturated carbocycles. The van der Waals surface area contributed by atoms with E-state index in [0.717, 1.165) is 18.3 Å². The second-order valence-electron chi connectivity index (χ2n) is 6.07. The van der Waals surface area contributed by atoms with E-state index in [2.05, 4.69) is 15.5 Å². The summed E-state index contributed by atoms with van der Waals surface area (Å²) in [5.41, 5.74) is 0.210. The van der Waals surface area contributed by atoms with Crippen molar-refractivity contribution < 1.29 is 18.0 Å². The highest BCUT2D eigenvalue weighted by Crippen LogP contribution is 2.29. The van der Waals surface area contributed by atoms with Crippen LogP contribution in [0.15, 0.2) is 30.3 Å². The maximum atomic E-state index is 12.8. The summed E-state index contributed by atoms with van der Waals surface area (Å²) >= 11 is 11.9. The Kier molecular flexibility index (Phi) is 5.40. The van der Waals surface area contributed by atoms with Crippen molar-refractivity contribution in [3.8, 4) is 0 Å². The zero-order valence-corrected chi connectivity index (χ0v) is 16.2. The first kappa shape index (κ1) is 20.2. The SMILES string of the molecule is Cc1cc(NC(=O)c2cc(C(F)(F)F)n(C)n2)nn1Cc1ccc(Cl)c(Cl)c1. The zero-order valence-electron chi connectivity index (χ0n) is 14.7. The van der Waals surface area contributed by atoms with Gasteiger partial charge in [-0.3, -0.25) is 14.2 Å². The number of halogens is 5. The summed E-state index contributed by atoms with van der Waals surface area (Å²) in [6, 6.07) is 7.45. The predicted molar refractivity (Wildman–Crippen MR) is 98.7 cm³/mol. The lowest BCUT2D eigenvalue weighted by Crippen LogP contribution is -2.14. The number of anilines is 1. The maximum absolute atomic E-state index is 12.8. The zero-order chi connectivity index (χ0) is 20.6. The van der Waals surface area contributed by atoms with E-state index >= 15 is 0 Å². The number of benzene rings is 1. The molecule has 0 aliphatic carbocycles. The van der Waals surface area contributed by atoms with Crippen molar-refractivity contribution in [2.75, 3.05) is 5.32 Å². The van der Waals surface area contributed by atoms with Crippen LogP contribution in [0.1, 0.15) is 27.4 Å². The van der Waals surface area contributed by atoms with E-state index in [1.807, 2.05) is 0 Å². The van der Waals surface area contributed by atoms with Crippen LogP contribution < -0.4 is 5.32 Å². The highest BCUT2D eigenvalue weighted by molar-refractivity contribution is 6.42. The molecule has 0 spiro atoms. The lowest BCUT2D eigenvalue weighted by Gasteiger charge is -2.06. The van der Waals surface area contributed by atoms with Crippen LogP contribution in [0.4, 0.5) is 19.0 Å². The van der Waals surface area contributed by atoms with Gasteiger partial charge in [0.2, 0.25) is 0 Å². The fraction of sp³-hybridized carbons (Fsp3) is 0.235. The minimum absolute atomic E-state index is 0.196. The molecule has 2 aromatic heterocycles. The number of nitrogens with one attached hydrogen (secondary N) is 1. The Bertz CT molecular complexity index is 1040. The van der Waals surface area contributed by atoms with Gasteiger partial charge in [-0.1, -0.05) is 29.3 Å². The molecule has 1 N–H and O–H groups in total. The minimum Gasteiger partial charge on any atom is -0.304 e. The van der Waals surface area contributed by atoms with Gasteiger partial charge in [-0.2, -0.15) is 23.4 Å². The molecule has 0 bridgehead atoms. The van der Waals surface area contributed by atoms with Gasteiger partial charge in [0, 0.05) is 24.9 Å². The highest BCUT2D eigenvalue weighted by Gasteiger charge is 2.35. The van der Waals surface area contributed by atoms with Gasteiger partial charge >= 0.3 is 6.18 Å². The summed E-state index contributed by atoms with van der Waals surface area (Å²) in [5, 5.41) is 11.2. The number of aryl methyl sites for hydroxylation is 2. The van der Waals surface area contributed by atoms with Crippen molar-refractivity contribution in [3.63, 3.8) is 0 Å². The first-order valence-corrected chi connectivity index (χ1v) is 8.71. The Morgan fingerprint density at radius 3 is 2.46 bits per heavy atom. The van der Waals surface area contributed by atoms with Crippen LogP contribution in [0, 0.1) is 6.92 Å². The van der Waals surface area contributed by atoms with Gasteiger partial charge < -0.3 is 5.32 Å². The van der Waals surface area contributed by atoms with Gasteiger partial charge in [-0.15, -0.1) is 0 Å². The summed E-state index contributed by atoms with van der Waals surface area (Å²) in [5.74, 6) is -0.591. The molecule has 0 fully saturated rings. The first-order chi connectivity index (χ1) is 13.0. The molecule has 0 aliphatic heterocycles. The van der Waals surface area contributed by atoms with Crippen LogP contribution in [-0.4, -0.2) is 25.5 Å². The summed E-state index contributed by atoms with van der Waals surface area (Å²) in [6.07, 6.45) is -4.60. The summed E-state index contributed by atoms with van der Waals surface area (Å²) in [7, 11) is 1.12. The highest BCUT2D eigenvalue weighted by atomic mass is 35.5. The number of nitrogens with zero attached hydrogens (tertiary/aromatic N) is 4. The van der Waals surface area contributed by atoms with Crippen LogP contribution in [0.5, 0.6) is 0 Å². The number of hydrogen-bond acceptors (Lipinski definition) is 3. The lowest BCUT2D eigenvalue weighted by atomic mass is 10.2. The quantitative estimate of drug-likeness (QED) is 0.658. The number of aromatic nitrogens is 4. The Labute approximate surface area is 167 Å². The van der Waals surface area contributed by atoms with Gasteiger partial charge in [-0.25, -0.2) is 0 Å². The van der Waals surface area contributed by atoms with E-state index < -0.39 is 17.8 Å². The third kappa shape index (κ3) is 4.31. The number of carbonyl (C=O) groups is 1. The fourth-order valence-electron chi connectivity index (χ4n) is 2.57. The van der Waals surface area contributed by atoms with E-state index in [-0.39, 0.29) is 11.5 Å². The summed E-state index contributed by atoms with van der Waals surface area (Å²) < 4.78 is 40.8. The Balaban J connectivity index is 1.76. The van der Waals surface area contributed by atoms with Crippen LogP contribution >= 0.6 is 23.2 Å². The molecular formula is C17H14Cl2F3N5O. The van der Waals surface area contributed by atoms with Crippen LogP contribution in [0.3, 0.4) is 0 Å².